The second-order valence-electron chi connectivity index (χ2n) is 5.76. The number of rotatable bonds is 3. The van der Waals surface area contributed by atoms with E-state index >= 15 is 0 Å². The second kappa shape index (κ2) is 5.30. The van der Waals surface area contributed by atoms with Crippen LogP contribution in [0, 0.1) is 13.8 Å². The Morgan fingerprint density at radius 2 is 2.20 bits per heavy atom. The molecule has 0 spiro atoms. The number of ketones is 1. The Morgan fingerprint density at radius 1 is 1.40 bits per heavy atom. The highest BCUT2D eigenvalue weighted by Crippen LogP contribution is 2.24. The number of nitrogens with zero attached hydrogens (tertiary/aromatic N) is 2. The first-order chi connectivity index (χ1) is 9.54. The van der Waals surface area contributed by atoms with E-state index in [2.05, 4.69) is 4.90 Å². The van der Waals surface area contributed by atoms with Gasteiger partial charge in [0.15, 0.2) is 5.78 Å². The summed E-state index contributed by atoms with van der Waals surface area (Å²) in [5.41, 5.74) is 0.873. The highest BCUT2D eigenvalue weighted by atomic mass is 32.1. The summed E-state index contributed by atoms with van der Waals surface area (Å²) in [4.78, 5) is 30.5. The van der Waals surface area contributed by atoms with E-state index in [0.717, 1.165) is 36.5 Å². The van der Waals surface area contributed by atoms with Crippen LogP contribution in [0.4, 0.5) is 0 Å². The number of carbonyl (C=O) groups excluding carboxylic acids is 2. The highest BCUT2D eigenvalue weighted by Gasteiger charge is 2.35. The molecule has 2 fully saturated rings. The molecule has 3 heterocycles. The maximum atomic E-state index is 12.4. The van der Waals surface area contributed by atoms with Crippen LogP contribution in [0.25, 0.3) is 0 Å². The molecule has 5 heteroatoms. The molecule has 3 rings (SSSR count). The van der Waals surface area contributed by atoms with Crippen molar-refractivity contribution < 1.29 is 9.59 Å². The van der Waals surface area contributed by atoms with Crippen LogP contribution < -0.4 is 0 Å². The molecule has 1 aromatic heterocycles. The first-order valence-electron chi connectivity index (χ1n) is 7.16. The SMILES string of the molecule is Cc1cc(C(=O)CN2CCN3C(=O)CCC3C2)c(C)s1. The molecule has 1 atom stereocenters. The van der Waals surface area contributed by atoms with Crippen LogP contribution in [0.1, 0.15) is 33.0 Å². The number of fused-ring (bicyclic) bond motifs is 1. The minimum Gasteiger partial charge on any atom is -0.337 e. The Bertz CT molecular complexity index is 552. The number of Topliss-reactive ketones (excluding diaryl/α,β-unsaturated/α-hetero) is 1. The van der Waals surface area contributed by atoms with E-state index < -0.39 is 0 Å². The molecule has 1 amide bonds. The van der Waals surface area contributed by atoms with Crippen LogP contribution in [0.15, 0.2) is 6.07 Å². The first kappa shape index (κ1) is 13.8. The number of aryl methyl sites for hydroxylation is 2. The fraction of sp³-hybridized carbons (Fsp3) is 0.600. The van der Waals surface area contributed by atoms with Crippen LogP contribution >= 0.6 is 11.3 Å². The Kier molecular flexibility index (Phi) is 3.65. The van der Waals surface area contributed by atoms with Gasteiger partial charge in [0.2, 0.25) is 5.91 Å². The molecule has 20 heavy (non-hydrogen) atoms. The van der Waals surface area contributed by atoms with Crippen LogP contribution in [0.5, 0.6) is 0 Å². The molecule has 2 aliphatic heterocycles. The number of piperazine rings is 1. The molecule has 1 unspecified atom stereocenters. The van der Waals surface area contributed by atoms with Gasteiger partial charge in [-0.2, -0.15) is 0 Å². The Balaban J connectivity index is 1.63. The molecular formula is C15H20N2O2S. The lowest BCUT2D eigenvalue weighted by Crippen LogP contribution is -2.52. The van der Waals surface area contributed by atoms with Gasteiger partial charge >= 0.3 is 0 Å². The van der Waals surface area contributed by atoms with E-state index in [9.17, 15) is 9.59 Å². The number of carbonyl (C=O) groups is 2. The zero-order chi connectivity index (χ0) is 14.3. The van der Waals surface area contributed by atoms with Gasteiger partial charge in [0.25, 0.3) is 0 Å². The molecule has 2 saturated heterocycles. The third kappa shape index (κ3) is 2.52. The Morgan fingerprint density at radius 3 is 2.90 bits per heavy atom. The molecular weight excluding hydrogens is 272 g/mol. The van der Waals surface area contributed by atoms with Gasteiger partial charge in [-0.25, -0.2) is 0 Å². The van der Waals surface area contributed by atoms with Crippen LogP contribution in [-0.2, 0) is 4.79 Å². The van der Waals surface area contributed by atoms with Gasteiger partial charge in [0.1, 0.15) is 0 Å². The molecule has 108 valence electrons. The summed E-state index contributed by atoms with van der Waals surface area (Å²) in [6.07, 6.45) is 1.62. The van der Waals surface area contributed by atoms with Crippen LogP contribution in [0.3, 0.4) is 0 Å². The van der Waals surface area contributed by atoms with E-state index in [4.69, 9.17) is 0 Å². The maximum absolute atomic E-state index is 12.4. The van der Waals surface area contributed by atoms with E-state index in [1.165, 1.54) is 4.88 Å². The normalized spacial score (nSPS) is 23.2. The van der Waals surface area contributed by atoms with Gasteiger partial charge in [-0.1, -0.05) is 0 Å². The van der Waals surface area contributed by atoms with Gasteiger partial charge in [0.05, 0.1) is 6.54 Å². The van der Waals surface area contributed by atoms with Gasteiger partial charge in [-0.05, 0) is 26.3 Å². The standard InChI is InChI=1S/C15H20N2O2S/c1-10-7-13(11(2)20-10)14(18)9-16-5-6-17-12(8-16)3-4-15(17)19/h7,12H,3-6,8-9H2,1-2H3. The summed E-state index contributed by atoms with van der Waals surface area (Å²) >= 11 is 1.68. The molecule has 2 aliphatic rings. The summed E-state index contributed by atoms with van der Waals surface area (Å²) in [5.74, 6) is 0.495. The van der Waals surface area contributed by atoms with E-state index in [0.29, 0.717) is 19.0 Å². The largest absolute Gasteiger partial charge is 0.337 e. The summed E-state index contributed by atoms with van der Waals surface area (Å²) in [7, 11) is 0. The zero-order valence-corrected chi connectivity index (χ0v) is 12.8. The smallest absolute Gasteiger partial charge is 0.222 e. The topological polar surface area (TPSA) is 40.6 Å². The van der Waals surface area contributed by atoms with Crippen molar-refractivity contribution >= 4 is 23.0 Å². The molecule has 0 saturated carbocycles. The average Bonchev–Trinajstić information content (AvgIpc) is 2.93. The van der Waals surface area contributed by atoms with Crippen molar-refractivity contribution in [1.29, 1.82) is 0 Å². The third-order valence-corrected chi connectivity index (χ3v) is 5.25. The Hall–Kier alpha value is -1.20. The number of hydrogen-bond acceptors (Lipinski definition) is 4. The van der Waals surface area contributed by atoms with Crippen molar-refractivity contribution in [2.24, 2.45) is 0 Å². The van der Waals surface area contributed by atoms with Crippen molar-refractivity contribution in [3.63, 3.8) is 0 Å². The van der Waals surface area contributed by atoms with Crippen molar-refractivity contribution in [3.05, 3.63) is 21.4 Å². The number of thiophene rings is 1. The fourth-order valence-electron chi connectivity index (χ4n) is 3.27. The lowest BCUT2D eigenvalue weighted by molar-refractivity contribution is -0.130. The lowest BCUT2D eigenvalue weighted by Gasteiger charge is -2.37. The lowest BCUT2D eigenvalue weighted by atomic mass is 10.1. The first-order valence-corrected chi connectivity index (χ1v) is 7.98. The third-order valence-electron chi connectivity index (χ3n) is 4.29. The van der Waals surface area contributed by atoms with E-state index in [-0.39, 0.29) is 11.7 Å². The van der Waals surface area contributed by atoms with Crippen LogP contribution in [0.2, 0.25) is 0 Å². The summed E-state index contributed by atoms with van der Waals surface area (Å²) in [5, 5.41) is 0. The van der Waals surface area contributed by atoms with Crippen molar-refractivity contribution in [1.82, 2.24) is 9.80 Å². The quantitative estimate of drug-likeness (QED) is 0.798. The molecule has 0 radical (unpaired) electrons. The summed E-state index contributed by atoms with van der Waals surface area (Å²) < 4.78 is 0. The Labute approximate surface area is 123 Å². The minimum absolute atomic E-state index is 0.213. The predicted octanol–water partition coefficient (Wildman–Crippen LogP) is 1.85. The van der Waals surface area contributed by atoms with Gasteiger partial charge in [-0.15, -0.1) is 11.3 Å². The second-order valence-corrected chi connectivity index (χ2v) is 7.23. The zero-order valence-electron chi connectivity index (χ0n) is 12.0. The molecule has 4 nitrogen and oxygen atoms in total. The van der Waals surface area contributed by atoms with Crippen molar-refractivity contribution in [2.75, 3.05) is 26.2 Å². The number of hydrogen-bond donors (Lipinski definition) is 0. The maximum Gasteiger partial charge on any atom is 0.222 e. The minimum atomic E-state index is 0.213. The van der Waals surface area contributed by atoms with E-state index in [1.807, 2.05) is 24.8 Å². The van der Waals surface area contributed by atoms with Crippen molar-refractivity contribution in [2.45, 2.75) is 32.7 Å². The molecule has 0 bridgehead atoms. The monoisotopic (exact) mass is 292 g/mol. The molecule has 0 aliphatic carbocycles. The van der Waals surface area contributed by atoms with Crippen molar-refractivity contribution in [3.8, 4) is 0 Å². The number of amides is 1. The summed E-state index contributed by atoms with van der Waals surface area (Å²) in [6, 6.07) is 2.33. The van der Waals surface area contributed by atoms with Gasteiger partial charge in [-0.3, -0.25) is 14.5 Å². The molecule has 0 N–H and O–H groups in total. The highest BCUT2D eigenvalue weighted by molar-refractivity contribution is 7.12. The average molecular weight is 292 g/mol. The van der Waals surface area contributed by atoms with E-state index in [1.54, 1.807) is 11.3 Å². The summed E-state index contributed by atoms with van der Waals surface area (Å²) in [6.45, 7) is 6.97. The fourth-order valence-corrected chi connectivity index (χ4v) is 4.21. The molecule has 1 aromatic rings. The predicted molar refractivity (Wildman–Crippen MR) is 79.3 cm³/mol. The molecule has 0 aromatic carbocycles. The van der Waals surface area contributed by atoms with Gasteiger partial charge in [0, 0.05) is 47.4 Å². The van der Waals surface area contributed by atoms with Crippen LogP contribution in [-0.4, -0.2) is 53.7 Å². The van der Waals surface area contributed by atoms with Gasteiger partial charge < -0.3 is 4.90 Å².